The Bertz CT molecular complexity index is 769. The Morgan fingerprint density at radius 2 is 1.69 bits per heavy atom. The first-order chi connectivity index (χ1) is 16.8. The van der Waals surface area contributed by atoms with Crippen LogP contribution in [0, 0.1) is 23.7 Å². The summed E-state index contributed by atoms with van der Waals surface area (Å²) in [7, 11) is 4.10. The van der Waals surface area contributed by atoms with Crippen molar-refractivity contribution < 1.29 is 34.0 Å². The van der Waals surface area contributed by atoms with Crippen LogP contribution < -0.4 is 0 Å². The van der Waals surface area contributed by atoms with Crippen molar-refractivity contribution in [3.8, 4) is 0 Å². The Kier molecular flexibility index (Phi) is 11.6. The van der Waals surface area contributed by atoms with E-state index in [0.29, 0.717) is 30.9 Å². The Labute approximate surface area is 217 Å². The predicted molar refractivity (Wildman–Crippen MR) is 138 cm³/mol. The second-order valence-corrected chi connectivity index (χ2v) is 11.4. The van der Waals surface area contributed by atoms with Gasteiger partial charge in [-0.3, -0.25) is 9.59 Å². The third kappa shape index (κ3) is 7.84. The Hall–Kier alpha value is -1.32. The number of allylic oxidation sites excluding steroid dienone is 1. The number of cyclic esters (lactones) is 1. The number of carbonyl (C=O) groups is 2. The Morgan fingerprint density at radius 1 is 1.06 bits per heavy atom. The lowest BCUT2D eigenvalue weighted by atomic mass is 9.79. The van der Waals surface area contributed by atoms with Gasteiger partial charge < -0.3 is 29.3 Å². The van der Waals surface area contributed by atoms with Crippen LogP contribution in [0.4, 0.5) is 0 Å². The third-order valence-electron chi connectivity index (χ3n) is 8.03. The zero-order chi connectivity index (χ0) is 27.3. The summed E-state index contributed by atoms with van der Waals surface area (Å²) in [5.74, 6) is -2.28. The molecule has 8 heteroatoms. The molecule has 2 aliphatic rings. The van der Waals surface area contributed by atoms with Crippen LogP contribution in [0.5, 0.6) is 0 Å². The SMILES string of the molecule is CCC1OC(=O)C(C)C(O)C(C)[C@@H](OC2CC(N(C)C)CC(C)O2)C(C)C[C@@H](C)C(=O)/C(C)=C/C1O. The molecule has 0 aromatic rings. The maximum Gasteiger partial charge on any atom is 0.311 e. The summed E-state index contributed by atoms with van der Waals surface area (Å²) in [6.45, 7) is 12.9. The van der Waals surface area contributed by atoms with E-state index in [1.165, 1.54) is 6.08 Å². The average molecular weight is 512 g/mol. The zero-order valence-corrected chi connectivity index (χ0v) is 23.6. The van der Waals surface area contributed by atoms with Crippen LogP contribution in [0.25, 0.3) is 0 Å². The van der Waals surface area contributed by atoms with Gasteiger partial charge in [0.1, 0.15) is 12.2 Å². The highest BCUT2D eigenvalue weighted by Gasteiger charge is 2.40. The lowest BCUT2D eigenvalue weighted by molar-refractivity contribution is -0.243. The molecule has 0 amide bonds. The van der Waals surface area contributed by atoms with Crippen LogP contribution in [0.3, 0.4) is 0 Å². The average Bonchev–Trinajstić information content (AvgIpc) is 2.82. The van der Waals surface area contributed by atoms with Gasteiger partial charge in [0, 0.05) is 24.3 Å². The normalized spacial score (nSPS) is 43.4. The van der Waals surface area contributed by atoms with Gasteiger partial charge in [-0.25, -0.2) is 0 Å². The molecule has 2 rings (SSSR count). The first-order valence-corrected chi connectivity index (χ1v) is 13.5. The summed E-state index contributed by atoms with van der Waals surface area (Å²) in [5.41, 5.74) is 0.450. The van der Waals surface area contributed by atoms with Gasteiger partial charge in [-0.1, -0.05) is 27.7 Å². The molecule has 11 atom stereocenters. The zero-order valence-electron chi connectivity index (χ0n) is 23.6. The van der Waals surface area contributed by atoms with Gasteiger partial charge in [0.25, 0.3) is 0 Å². The van der Waals surface area contributed by atoms with Crippen molar-refractivity contribution in [2.24, 2.45) is 23.7 Å². The number of esters is 1. The van der Waals surface area contributed by atoms with E-state index in [2.05, 4.69) is 4.90 Å². The molecule has 8 nitrogen and oxygen atoms in total. The van der Waals surface area contributed by atoms with Crippen LogP contribution in [-0.4, -0.2) is 83.8 Å². The van der Waals surface area contributed by atoms with Crippen LogP contribution in [0.15, 0.2) is 11.6 Å². The molecule has 0 aromatic carbocycles. The summed E-state index contributed by atoms with van der Waals surface area (Å²) >= 11 is 0. The second kappa shape index (κ2) is 13.5. The van der Waals surface area contributed by atoms with Crippen molar-refractivity contribution in [2.45, 2.75) is 117 Å². The minimum Gasteiger partial charge on any atom is -0.459 e. The number of ether oxygens (including phenoxy) is 3. The number of hydrogen-bond donors (Lipinski definition) is 2. The minimum atomic E-state index is -1.09. The van der Waals surface area contributed by atoms with Crippen molar-refractivity contribution in [2.75, 3.05) is 14.1 Å². The van der Waals surface area contributed by atoms with E-state index in [0.717, 1.165) is 6.42 Å². The number of rotatable bonds is 4. The van der Waals surface area contributed by atoms with E-state index in [1.807, 2.05) is 41.8 Å². The fourth-order valence-electron chi connectivity index (χ4n) is 5.61. The summed E-state index contributed by atoms with van der Waals surface area (Å²) in [4.78, 5) is 28.2. The number of hydrogen-bond acceptors (Lipinski definition) is 8. The standard InChI is InChI=1S/C28H49NO7/c1-10-23-22(30)12-16(3)25(31)15(2)11-17(4)27(19(6)26(32)20(7)28(33)35-23)36-24-14-21(29(8)9)13-18(5)34-24/h12,15,17-24,26-27,30,32H,10-11,13-14H2,1-9H3/b16-12+/t15-,17?,18?,19?,20?,21?,22?,23?,24?,26?,27+/m1/s1. The monoisotopic (exact) mass is 511 g/mol. The van der Waals surface area contributed by atoms with Crippen LogP contribution in [0.2, 0.25) is 0 Å². The van der Waals surface area contributed by atoms with Gasteiger partial charge >= 0.3 is 5.97 Å². The van der Waals surface area contributed by atoms with Crippen molar-refractivity contribution in [1.29, 1.82) is 0 Å². The maximum absolute atomic E-state index is 13.1. The third-order valence-corrected chi connectivity index (χ3v) is 8.03. The molecule has 1 saturated heterocycles. The molecule has 0 spiro atoms. The molecule has 2 N–H and O–H groups in total. The molecule has 9 unspecified atom stereocenters. The summed E-state index contributed by atoms with van der Waals surface area (Å²) in [6, 6.07) is 0.312. The van der Waals surface area contributed by atoms with Crippen LogP contribution in [0.1, 0.15) is 74.1 Å². The van der Waals surface area contributed by atoms with E-state index in [-0.39, 0.29) is 23.7 Å². The molecule has 36 heavy (non-hydrogen) atoms. The lowest BCUT2D eigenvalue weighted by Crippen LogP contribution is -2.48. The Balaban J connectivity index is 2.39. The summed E-state index contributed by atoms with van der Waals surface area (Å²) < 4.78 is 18.3. The van der Waals surface area contributed by atoms with Gasteiger partial charge in [0.05, 0.1) is 24.2 Å². The van der Waals surface area contributed by atoms with E-state index in [4.69, 9.17) is 14.2 Å². The van der Waals surface area contributed by atoms with Gasteiger partial charge in [-0.05, 0) is 71.7 Å². The predicted octanol–water partition coefficient (Wildman–Crippen LogP) is 3.33. The molecule has 0 bridgehead atoms. The topological polar surface area (TPSA) is 106 Å². The number of aliphatic hydroxyl groups excluding tert-OH is 2. The van der Waals surface area contributed by atoms with E-state index >= 15 is 0 Å². The fraction of sp³-hybridized carbons (Fsp3) is 0.857. The highest BCUT2D eigenvalue weighted by Crippen LogP contribution is 2.33. The van der Waals surface area contributed by atoms with Crippen molar-refractivity contribution >= 4 is 11.8 Å². The van der Waals surface area contributed by atoms with Crippen LogP contribution in [-0.2, 0) is 23.8 Å². The molecule has 1 fully saturated rings. The van der Waals surface area contributed by atoms with Crippen molar-refractivity contribution in [3.05, 3.63) is 11.6 Å². The maximum atomic E-state index is 13.1. The number of ketones is 1. The van der Waals surface area contributed by atoms with E-state index < -0.39 is 48.5 Å². The molecular formula is C28H49NO7. The fourth-order valence-corrected chi connectivity index (χ4v) is 5.61. The minimum absolute atomic E-state index is 0.0322. The summed E-state index contributed by atoms with van der Waals surface area (Å²) in [5, 5.41) is 21.9. The van der Waals surface area contributed by atoms with Gasteiger partial charge in [-0.15, -0.1) is 0 Å². The molecule has 208 valence electrons. The van der Waals surface area contributed by atoms with Gasteiger partial charge in [0.15, 0.2) is 12.1 Å². The molecule has 0 saturated carbocycles. The number of Topliss-reactive ketones (excluding diaryl/α,β-unsaturated/α-hetero) is 1. The van der Waals surface area contributed by atoms with E-state index in [9.17, 15) is 19.8 Å². The molecule has 2 aliphatic heterocycles. The summed E-state index contributed by atoms with van der Waals surface area (Å²) in [6.07, 6.45) is 0.235. The number of nitrogens with zero attached hydrogens (tertiary/aromatic N) is 1. The molecule has 0 radical (unpaired) electrons. The number of aliphatic hydroxyl groups is 2. The van der Waals surface area contributed by atoms with Gasteiger partial charge in [0.2, 0.25) is 0 Å². The van der Waals surface area contributed by atoms with E-state index in [1.54, 1.807) is 20.8 Å². The van der Waals surface area contributed by atoms with Crippen LogP contribution >= 0.6 is 0 Å². The molecule has 0 aliphatic carbocycles. The number of carbonyl (C=O) groups excluding carboxylic acids is 2. The largest absolute Gasteiger partial charge is 0.459 e. The van der Waals surface area contributed by atoms with Crippen molar-refractivity contribution in [3.63, 3.8) is 0 Å². The van der Waals surface area contributed by atoms with Crippen molar-refractivity contribution in [1.82, 2.24) is 4.90 Å². The second-order valence-electron chi connectivity index (χ2n) is 11.4. The first-order valence-electron chi connectivity index (χ1n) is 13.5. The molecule has 0 aromatic heterocycles. The smallest absolute Gasteiger partial charge is 0.311 e. The Morgan fingerprint density at radius 3 is 2.28 bits per heavy atom. The quantitative estimate of drug-likeness (QED) is 0.554. The molecular weight excluding hydrogens is 462 g/mol. The lowest BCUT2D eigenvalue weighted by Gasteiger charge is -2.42. The highest BCUT2D eigenvalue weighted by atomic mass is 16.7. The molecule has 2 heterocycles. The van der Waals surface area contributed by atoms with Gasteiger partial charge in [-0.2, -0.15) is 0 Å². The first kappa shape index (κ1) is 30.9. The highest BCUT2D eigenvalue weighted by molar-refractivity contribution is 5.96.